The molecule has 2 aliphatic rings. The van der Waals surface area contributed by atoms with Crippen LogP contribution in [0.25, 0.3) is 0 Å². The molecule has 1 saturated carbocycles. The molecule has 13 heavy (non-hydrogen) atoms. The second-order valence-corrected chi connectivity index (χ2v) is 3.89. The molecule has 2 atom stereocenters. The lowest BCUT2D eigenvalue weighted by molar-refractivity contribution is -0.155. The predicted octanol–water partition coefficient (Wildman–Crippen LogP) is 0.945. The average Bonchev–Trinajstić information content (AvgIpc) is 2.33. The molecule has 0 bridgehead atoms. The van der Waals surface area contributed by atoms with Gasteiger partial charge in [0.25, 0.3) is 0 Å². The molecule has 0 unspecified atom stereocenters. The Kier molecular flexibility index (Phi) is 2.02. The fourth-order valence-electron chi connectivity index (χ4n) is 2.26. The molecule has 1 saturated heterocycles. The highest BCUT2D eigenvalue weighted by Gasteiger charge is 2.55. The normalized spacial score (nSPS) is 37.8. The number of rotatable bonds is 0. The number of halogens is 1. The summed E-state index contributed by atoms with van der Waals surface area (Å²) in [4.78, 5) is 10.9. The Morgan fingerprint density at radius 3 is 2.46 bits per heavy atom. The van der Waals surface area contributed by atoms with Crippen molar-refractivity contribution in [1.29, 1.82) is 0 Å². The lowest BCUT2D eigenvalue weighted by Crippen LogP contribution is -2.43. The van der Waals surface area contributed by atoms with E-state index < -0.39 is 23.8 Å². The molecule has 2 fully saturated rings. The van der Waals surface area contributed by atoms with Gasteiger partial charge >= 0.3 is 5.97 Å². The lowest BCUT2D eigenvalue weighted by Gasteiger charge is -2.33. The largest absolute Gasteiger partial charge is 0.454 e. The molecule has 0 aromatic carbocycles. The van der Waals surface area contributed by atoms with Crippen molar-refractivity contribution in [3.8, 4) is 0 Å². The number of esters is 1. The van der Waals surface area contributed by atoms with Gasteiger partial charge in [-0.05, 0) is 25.7 Å². The highest BCUT2D eigenvalue weighted by molar-refractivity contribution is 5.78. The summed E-state index contributed by atoms with van der Waals surface area (Å²) in [7, 11) is 0. The van der Waals surface area contributed by atoms with Gasteiger partial charge in [-0.15, -0.1) is 0 Å². The van der Waals surface area contributed by atoms with Crippen molar-refractivity contribution < 1.29 is 19.0 Å². The third kappa shape index (κ3) is 1.24. The molecule has 1 aliphatic carbocycles. The van der Waals surface area contributed by atoms with Gasteiger partial charge in [-0.25, -0.2) is 9.18 Å². The minimum absolute atomic E-state index is 0.598. The predicted molar refractivity (Wildman–Crippen MR) is 42.8 cm³/mol. The molecule has 1 aliphatic heterocycles. The van der Waals surface area contributed by atoms with E-state index in [0.717, 1.165) is 19.3 Å². The third-order valence-corrected chi connectivity index (χ3v) is 3.05. The van der Waals surface area contributed by atoms with Crippen molar-refractivity contribution in [3.63, 3.8) is 0 Å². The van der Waals surface area contributed by atoms with Gasteiger partial charge in [-0.1, -0.05) is 6.42 Å². The van der Waals surface area contributed by atoms with E-state index in [1.807, 2.05) is 0 Å². The highest BCUT2D eigenvalue weighted by atomic mass is 19.1. The third-order valence-electron chi connectivity index (χ3n) is 3.05. The summed E-state index contributed by atoms with van der Waals surface area (Å²) in [5.41, 5.74) is -0.894. The van der Waals surface area contributed by atoms with Crippen LogP contribution < -0.4 is 0 Å². The van der Waals surface area contributed by atoms with Crippen molar-refractivity contribution in [2.75, 3.05) is 0 Å². The number of alkyl halides is 1. The second kappa shape index (κ2) is 2.94. The number of carbonyl (C=O) groups excluding carboxylic acids is 1. The minimum Gasteiger partial charge on any atom is -0.454 e. The van der Waals surface area contributed by atoms with Gasteiger partial charge < -0.3 is 9.84 Å². The molecule has 0 aromatic heterocycles. The first-order chi connectivity index (χ1) is 6.16. The van der Waals surface area contributed by atoms with Gasteiger partial charge in [0.1, 0.15) is 11.7 Å². The van der Waals surface area contributed by atoms with Crippen LogP contribution in [0.15, 0.2) is 0 Å². The maximum atomic E-state index is 13.0. The van der Waals surface area contributed by atoms with Crippen molar-refractivity contribution in [2.24, 2.45) is 0 Å². The van der Waals surface area contributed by atoms with Crippen LogP contribution >= 0.6 is 0 Å². The summed E-state index contributed by atoms with van der Waals surface area (Å²) in [5, 5.41) is 9.52. The molecule has 0 amide bonds. The van der Waals surface area contributed by atoms with E-state index in [2.05, 4.69) is 0 Å². The molecular formula is C9H13FO3. The smallest absolute Gasteiger partial charge is 0.344 e. The summed E-state index contributed by atoms with van der Waals surface area (Å²) in [6.07, 6.45) is 0.982. The van der Waals surface area contributed by atoms with Gasteiger partial charge in [0, 0.05) is 0 Å². The van der Waals surface area contributed by atoms with E-state index in [0.29, 0.717) is 12.8 Å². The zero-order valence-corrected chi connectivity index (χ0v) is 7.33. The van der Waals surface area contributed by atoms with Crippen LogP contribution in [0.1, 0.15) is 32.1 Å². The summed E-state index contributed by atoms with van der Waals surface area (Å²) in [5.74, 6) is -0.894. The SMILES string of the molecule is O=C1OC2(CCCCC2)[C@H](O)[C@@H]1F. The quantitative estimate of drug-likeness (QED) is 0.575. The number of aliphatic hydroxyl groups excluding tert-OH is 1. The summed E-state index contributed by atoms with van der Waals surface area (Å²) in [6, 6.07) is 0. The molecule has 3 nitrogen and oxygen atoms in total. The molecule has 0 aromatic rings. The zero-order chi connectivity index (χ0) is 9.47. The number of hydrogen-bond donors (Lipinski definition) is 1. The maximum absolute atomic E-state index is 13.0. The topological polar surface area (TPSA) is 46.5 Å². The van der Waals surface area contributed by atoms with Crippen molar-refractivity contribution in [3.05, 3.63) is 0 Å². The van der Waals surface area contributed by atoms with Gasteiger partial charge in [0.15, 0.2) is 0 Å². The number of carbonyl (C=O) groups is 1. The van der Waals surface area contributed by atoms with Gasteiger partial charge in [-0.3, -0.25) is 0 Å². The van der Waals surface area contributed by atoms with Gasteiger partial charge in [-0.2, -0.15) is 0 Å². The molecule has 1 spiro atoms. The Labute approximate surface area is 75.9 Å². The lowest BCUT2D eigenvalue weighted by atomic mass is 9.81. The number of aliphatic hydroxyl groups is 1. The van der Waals surface area contributed by atoms with Crippen LogP contribution in [-0.4, -0.2) is 29.0 Å². The molecule has 74 valence electrons. The summed E-state index contributed by atoms with van der Waals surface area (Å²) >= 11 is 0. The zero-order valence-electron chi connectivity index (χ0n) is 7.33. The molecular weight excluding hydrogens is 175 g/mol. The fourth-order valence-corrected chi connectivity index (χ4v) is 2.26. The Hall–Kier alpha value is -0.640. The number of hydrogen-bond acceptors (Lipinski definition) is 3. The maximum Gasteiger partial charge on any atom is 0.344 e. The van der Waals surface area contributed by atoms with Crippen LogP contribution in [0.5, 0.6) is 0 Å². The van der Waals surface area contributed by atoms with E-state index in [-0.39, 0.29) is 0 Å². The highest BCUT2D eigenvalue weighted by Crippen LogP contribution is 2.41. The van der Waals surface area contributed by atoms with Crippen LogP contribution in [-0.2, 0) is 9.53 Å². The van der Waals surface area contributed by atoms with E-state index in [1.165, 1.54) is 0 Å². The Bertz CT molecular complexity index is 223. The first-order valence-corrected chi connectivity index (χ1v) is 4.71. The van der Waals surface area contributed by atoms with E-state index in [9.17, 15) is 14.3 Å². The standard InChI is InChI=1S/C9H13FO3/c10-6-7(11)9(13-8(6)12)4-2-1-3-5-9/h6-7,11H,1-5H2/t6-,7+/m0/s1. The first-order valence-electron chi connectivity index (χ1n) is 4.71. The molecule has 1 N–H and O–H groups in total. The van der Waals surface area contributed by atoms with Crippen LogP contribution in [0.3, 0.4) is 0 Å². The fraction of sp³-hybridized carbons (Fsp3) is 0.889. The molecule has 0 radical (unpaired) electrons. The Morgan fingerprint density at radius 1 is 1.38 bits per heavy atom. The average molecular weight is 188 g/mol. The Balaban J connectivity index is 2.18. The summed E-state index contributed by atoms with van der Waals surface area (Å²) < 4.78 is 18.0. The van der Waals surface area contributed by atoms with Crippen LogP contribution in [0.4, 0.5) is 4.39 Å². The van der Waals surface area contributed by atoms with Gasteiger partial charge in [0.05, 0.1) is 0 Å². The minimum atomic E-state index is -1.84. The van der Waals surface area contributed by atoms with Gasteiger partial charge in [0.2, 0.25) is 6.17 Å². The monoisotopic (exact) mass is 188 g/mol. The van der Waals surface area contributed by atoms with Crippen LogP contribution in [0.2, 0.25) is 0 Å². The van der Waals surface area contributed by atoms with Crippen molar-refractivity contribution in [1.82, 2.24) is 0 Å². The first kappa shape index (κ1) is 8.94. The Morgan fingerprint density at radius 2 is 2.00 bits per heavy atom. The molecule has 2 rings (SSSR count). The van der Waals surface area contributed by atoms with Crippen molar-refractivity contribution >= 4 is 5.97 Å². The van der Waals surface area contributed by atoms with Crippen molar-refractivity contribution in [2.45, 2.75) is 50.0 Å². The molecule has 1 heterocycles. The van der Waals surface area contributed by atoms with E-state index in [4.69, 9.17) is 4.74 Å². The molecule has 4 heteroatoms. The second-order valence-electron chi connectivity index (χ2n) is 3.89. The number of ether oxygens (including phenoxy) is 1. The van der Waals surface area contributed by atoms with Crippen LogP contribution in [0, 0.1) is 0 Å². The summed E-state index contributed by atoms with van der Waals surface area (Å²) in [6.45, 7) is 0. The van der Waals surface area contributed by atoms with E-state index >= 15 is 0 Å². The van der Waals surface area contributed by atoms with E-state index in [1.54, 1.807) is 0 Å².